The van der Waals surface area contributed by atoms with Crippen molar-refractivity contribution in [3.8, 4) is 11.5 Å². The Balaban J connectivity index is 1.43. The maximum absolute atomic E-state index is 12.2. The first-order valence-corrected chi connectivity index (χ1v) is 10.9. The Morgan fingerprint density at radius 2 is 1.61 bits per heavy atom. The fourth-order valence-electron chi connectivity index (χ4n) is 3.44. The number of carbonyl (C=O) groups is 1. The molecule has 0 bridgehead atoms. The lowest BCUT2D eigenvalue weighted by molar-refractivity contribution is -0.123. The lowest BCUT2D eigenvalue weighted by Gasteiger charge is -2.12. The molecule has 0 aliphatic heterocycles. The number of hydrogen-bond acceptors (Lipinski definition) is 4. The Labute approximate surface area is 193 Å². The van der Waals surface area contributed by atoms with E-state index in [0.717, 1.165) is 28.3 Å². The van der Waals surface area contributed by atoms with E-state index in [0.29, 0.717) is 18.1 Å². The molecule has 0 spiro atoms. The van der Waals surface area contributed by atoms with Gasteiger partial charge >= 0.3 is 0 Å². The van der Waals surface area contributed by atoms with Crippen molar-refractivity contribution in [2.45, 2.75) is 20.0 Å². The van der Waals surface area contributed by atoms with Crippen LogP contribution in [0.3, 0.4) is 0 Å². The normalized spacial score (nSPS) is 10.9. The van der Waals surface area contributed by atoms with E-state index in [2.05, 4.69) is 17.5 Å². The number of hydrazone groups is 1. The smallest absolute Gasteiger partial charge is 0.277 e. The van der Waals surface area contributed by atoms with Crippen LogP contribution in [0.1, 0.15) is 23.6 Å². The number of ether oxygens (including phenoxy) is 2. The number of benzene rings is 4. The number of nitrogens with zero attached hydrogens (tertiary/aromatic N) is 1. The van der Waals surface area contributed by atoms with Gasteiger partial charge in [0.2, 0.25) is 0 Å². The quantitative estimate of drug-likeness (QED) is 0.277. The van der Waals surface area contributed by atoms with E-state index in [-0.39, 0.29) is 12.5 Å². The molecule has 166 valence electrons. The van der Waals surface area contributed by atoms with Crippen molar-refractivity contribution < 1.29 is 14.3 Å². The van der Waals surface area contributed by atoms with Crippen molar-refractivity contribution in [2.24, 2.45) is 5.10 Å². The van der Waals surface area contributed by atoms with Gasteiger partial charge in [0.1, 0.15) is 18.1 Å². The lowest BCUT2D eigenvalue weighted by atomic mass is 10.0. The number of fused-ring (bicyclic) bond motifs is 1. The molecular formula is C28H26N2O3. The number of carbonyl (C=O) groups excluding carboxylic acids is 1. The monoisotopic (exact) mass is 438 g/mol. The molecule has 1 N–H and O–H groups in total. The molecule has 0 heterocycles. The van der Waals surface area contributed by atoms with Crippen LogP contribution < -0.4 is 14.9 Å². The highest BCUT2D eigenvalue weighted by atomic mass is 16.5. The van der Waals surface area contributed by atoms with Gasteiger partial charge in [0.25, 0.3) is 5.91 Å². The Morgan fingerprint density at radius 3 is 2.39 bits per heavy atom. The third kappa shape index (κ3) is 5.98. The molecule has 0 fully saturated rings. The highest BCUT2D eigenvalue weighted by Gasteiger charge is 2.08. The summed E-state index contributed by atoms with van der Waals surface area (Å²) in [5.74, 6) is 1.01. The van der Waals surface area contributed by atoms with Gasteiger partial charge in [0.05, 0.1) is 6.21 Å². The van der Waals surface area contributed by atoms with Gasteiger partial charge < -0.3 is 9.47 Å². The molecule has 0 aromatic heterocycles. The van der Waals surface area contributed by atoms with E-state index >= 15 is 0 Å². The summed E-state index contributed by atoms with van der Waals surface area (Å²) >= 11 is 0. The fourth-order valence-corrected chi connectivity index (χ4v) is 3.44. The molecule has 4 aromatic carbocycles. The maximum Gasteiger partial charge on any atom is 0.277 e. The second-order valence-electron chi connectivity index (χ2n) is 7.55. The fraction of sp³-hybridized carbons (Fsp3) is 0.143. The van der Waals surface area contributed by atoms with Crippen LogP contribution in [0.5, 0.6) is 11.5 Å². The summed E-state index contributed by atoms with van der Waals surface area (Å²) in [6, 6.07) is 29.6. The summed E-state index contributed by atoms with van der Waals surface area (Å²) in [6.45, 7) is 2.42. The number of amides is 1. The van der Waals surface area contributed by atoms with Crippen LogP contribution in [0, 0.1) is 0 Å². The van der Waals surface area contributed by atoms with Crippen LogP contribution in [0.4, 0.5) is 0 Å². The molecule has 0 saturated carbocycles. The summed E-state index contributed by atoms with van der Waals surface area (Å²) in [4.78, 5) is 12.2. The van der Waals surface area contributed by atoms with Gasteiger partial charge in [-0.1, -0.05) is 79.7 Å². The zero-order valence-electron chi connectivity index (χ0n) is 18.5. The van der Waals surface area contributed by atoms with Crippen LogP contribution in [0.15, 0.2) is 96.1 Å². The van der Waals surface area contributed by atoms with E-state index in [9.17, 15) is 4.79 Å². The molecule has 0 aliphatic rings. The Kier molecular flexibility index (Phi) is 7.33. The van der Waals surface area contributed by atoms with Gasteiger partial charge in [0.15, 0.2) is 6.61 Å². The van der Waals surface area contributed by atoms with E-state index in [1.54, 1.807) is 6.21 Å². The third-order valence-electron chi connectivity index (χ3n) is 5.25. The first kappa shape index (κ1) is 22.1. The second kappa shape index (κ2) is 11.0. The molecule has 0 unspecified atom stereocenters. The summed E-state index contributed by atoms with van der Waals surface area (Å²) in [5, 5.41) is 6.22. The van der Waals surface area contributed by atoms with E-state index in [1.165, 1.54) is 5.56 Å². The molecule has 0 atom stereocenters. The van der Waals surface area contributed by atoms with Crippen molar-refractivity contribution in [2.75, 3.05) is 6.61 Å². The average Bonchev–Trinajstić information content (AvgIpc) is 2.87. The minimum absolute atomic E-state index is 0.115. The Bertz CT molecular complexity index is 1240. The molecule has 1 amide bonds. The molecule has 5 nitrogen and oxygen atoms in total. The second-order valence-corrected chi connectivity index (χ2v) is 7.55. The molecule has 5 heteroatoms. The summed E-state index contributed by atoms with van der Waals surface area (Å²) in [5.41, 5.74) is 5.64. The summed E-state index contributed by atoms with van der Waals surface area (Å²) in [7, 11) is 0. The number of aryl methyl sites for hydroxylation is 1. The zero-order valence-corrected chi connectivity index (χ0v) is 18.5. The van der Waals surface area contributed by atoms with Crippen LogP contribution in [0.2, 0.25) is 0 Å². The van der Waals surface area contributed by atoms with E-state index in [1.807, 2.05) is 91.0 Å². The predicted octanol–water partition coefficient (Wildman–Crippen LogP) is 5.51. The third-order valence-corrected chi connectivity index (χ3v) is 5.25. The summed E-state index contributed by atoms with van der Waals surface area (Å²) in [6.07, 6.45) is 2.58. The van der Waals surface area contributed by atoms with E-state index < -0.39 is 0 Å². The molecule has 4 aromatic rings. The van der Waals surface area contributed by atoms with Crippen LogP contribution in [-0.2, 0) is 17.8 Å². The van der Waals surface area contributed by atoms with Crippen molar-refractivity contribution >= 4 is 22.9 Å². The van der Waals surface area contributed by atoms with Crippen molar-refractivity contribution in [1.82, 2.24) is 5.43 Å². The standard InChI is InChI=1S/C28H26N2O3/c1-2-21-12-15-24(16-13-21)32-20-28(31)30-29-18-26-25-11-7-6-10-23(25)14-17-27(26)33-19-22-8-4-3-5-9-22/h3-18H,2,19-20H2,1H3,(H,30,31)/b29-18-. The molecular weight excluding hydrogens is 412 g/mol. The molecule has 0 saturated heterocycles. The van der Waals surface area contributed by atoms with Crippen molar-refractivity contribution in [3.63, 3.8) is 0 Å². The number of rotatable bonds is 9. The molecule has 0 radical (unpaired) electrons. The summed E-state index contributed by atoms with van der Waals surface area (Å²) < 4.78 is 11.6. The Morgan fingerprint density at radius 1 is 0.848 bits per heavy atom. The largest absolute Gasteiger partial charge is 0.488 e. The minimum Gasteiger partial charge on any atom is -0.488 e. The van der Waals surface area contributed by atoms with Crippen LogP contribution in [-0.4, -0.2) is 18.7 Å². The van der Waals surface area contributed by atoms with Gasteiger partial charge in [0, 0.05) is 5.56 Å². The SMILES string of the molecule is CCc1ccc(OCC(=O)N/N=C\c2c(OCc3ccccc3)ccc3ccccc23)cc1. The minimum atomic E-state index is -0.335. The van der Waals surface area contributed by atoms with Gasteiger partial charge in [-0.2, -0.15) is 5.10 Å². The lowest BCUT2D eigenvalue weighted by Crippen LogP contribution is -2.24. The first-order valence-electron chi connectivity index (χ1n) is 10.9. The van der Waals surface area contributed by atoms with Gasteiger partial charge in [-0.15, -0.1) is 0 Å². The zero-order chi connectivity index (χ0) is 22.9. The molecule has 33 heavy (non-hydrogen) atoms. The van der Waals surface area contributed by atoms with Gasteiger partial charge in [-0.25, -0.2) is 5.43 Å². The maximum atomic E-state index is 12.2. The Hall–Kier alpha value is -4.12. The molecule has 0 aliphatic carbocycles. The highest BCUT2D eigenvalue weighted by Crippen LogP contribution is 2.27. The highest BCUT2D eigenvalue weighted by molar-refractivity contribution is 6.02. The van der Waals surface area contributed by atoms with Gasteiger partial charge in [-0.05, 0) is 46.5 Å². The average molecular weight is 439 g/mol. The van der Waals surface area contributed by atoms with Crippen molar-refractivity contribution in [1.29, 1.82) is 0 Å². The number of hydrogen-bond donors (Lipinski definition) is 1. The van der Waals surface area contributed by atoms with Crippen molar-refractivity contribution in [3.05, 3.63) is 108 Å². The predicted molar refractivity (Wildman–Crippen MR) is 132 cm³/mol. The first-order chi connectivity index (χ1) is 16.2. The molecule has 4 rings (SSSR count). The van der Waals surface area contributed by atoms with Crippen LogP contribution in [0.25, 0.3) is 10.8 Å². The van der Waals surface area contributed by atoms with Gasteiger partial charge in [-0.3, -0.25) is 4.79 Å². The van der Waals surface area contributed by atoms with E-state index in [4.69, 9.17) is 9.47 Å². The van der Waals surface area contributed by atoms with Crippen LogP contribution >= 0.6 is 0 Å². The topological polar surface area (TPSA) is 59.9 Å². The number of nitrogens with one attached hydrogen (secondary N) is 1.